The summed E-state index contributed by atoms with van der Waals surface area (Å²) in [5, 5.41) is 30.7. The topological polar surface area (TPSA) is 261 Å². The maximum absolute atomic E-state index is 13.3. The minimum atomic E-state index is -1.01. The van der Waals surface area contributed by atoms with Crippen LogP contribution in [-0.2, 0) is 32.3 Å². The molecule has 0 atom stereocenters. The average Bonchev–Trinajstić information content (AvgIpc) is 3.91. The quantitative estimate of drug-likeness (QED) is 0.0395. The summed E-state index contributed by atoms with van der Waals surface area (Å²) in [5.41, 5.74) is 4.92. The largest absolute Gasteiger partial charge is 0.480 e. The highest BCUT2D eigenvalue weighted by molar-refractivity contribution is 9.10. The Hall–Kier alpha value is -8.24. The lowest BCUT2D eigenvalue weighted by Crippen LogP contribution is -2.44. The highest BCUT2D eigenvalue weighted by Crippen LogP contribution is 2.27. The van der Waals surface area contributed by atoms with Crippen molar-refractivity contribution in [3.8, 4) is 0 Å². The van der Waals surface area contributed by atoms with Crippen molar-refractivity contribution in [2.45, 2.75) is 80.9 Å². The molecule has 2 aromatic carbocycles. The molecule has 8 rings (SSSR count). The van der Waals surface area contributed by atoms with Crippen LogP contribution in [-0.4, -0.2) is 97.3 Å². The molecule has 0 unspecified atom stereocenters. The molecule has 0 bridgehead atoms. The fourth-order valence-corrected chi connectivity index (χ4v) is 7.99. The van der Waals surface area contributed by atoms with Gasteiger partial charge in [0, 0.05) is 60.9 Å². The van der Waals surface area contributed by atoms with E-state index in [0.717, 1.165) is 33.8 Å². The molecule has 3 amide bonds. The minimum Gasteiger partial charge on any atom is -0.480 e. The highest BCUT2D eigenvalue weighted by atomic mass is 79.9. The summed E-state index contributed by atoms with van der Waals surface area (Å²) >= 11 is 6.52. The number of carbonyl (C=O) groups is 6. The van der Waals surface area contributed by atoms with Gasteiger partial charge in [-0.3, -0.25) is 48.1 Å². The average molecular weight is 1160 g/mol. The lowest BCUT2D eigenvalue weighted by atomic mass is 10.1. The van der Waals surface area contributed by atoms with Gasteiger partial charge in [-0.2, -0.15) is 10.2 Å². The van der Waals surface area contributed by atoms with Gasteiger partial charge in [0.1, 0.15) is 51.9 Å². The van der Waals surface area contributed by atoms with Crippen LogP contribution >= 0.6 is 31.9 Å². The van der Waals surface area contributed by atoms with Crippen molar-refractivity contribution in [2.75, 3.05) is 27.8 Å². The number of carboxylic acid groups (broad SMARTS) is 1. The molecule has 8 aromatic rings. The Morgan fingerprint density at radius 1 is 0.618 bits per heavy atom. The number of halogens is 2. The Kier molecular flexibility index (Phi) is 21.5. The number of nitrogens with one attached hydrogen (secondary N) is 4. The Bertz CT molecular complexity index is 3310. The second-order valence-electron chi connectivity index (χ2n) is 17.6. The summed E-state index contributed by atoms with van der Waals surface area (Å²) in [5.74, 6) is -0.553. The summed E-state index contributed by atoms with van der Waals surface area (Å²) in [6.07, 6.45) is 8.19. The number of pyridine rings is 4. The van der Waals surface area contributed by atoms with Crippen molar-refractivity contribution in [3.63, 3.8) is 0 Å². The first-order valence-corrected chi connectivity index (χ1v) is 25.1. The molecule has 6 heterocycles. The van der Waals surface area contributed by atoms with Crippen LogP contribution in [0.15, 0.2) is 131 Å². The van der Waals surface area contributed by atoms with Gasteiger partial charge in [0.05, 0.1) is 34.8 Å². The SMILES string of the molecule is C.CC(=O)c1nn(CC(=O)N(CC(=O)Nc2cccc(Br)n2)C(C)C)c2ccc(Nc3cccnc3)cc12.CC(=O)c1nn(CC(=O)O)c2ccc(Nc3cccnc3)cc12.CC(C)CCC(=O)Nc1cccc(Br)n1. The van der Waals surface area contributed by atoms with Crippen molar-refractivity contribution < 1.29 is 33.9 Å². The first kappa shape index (κ1) is 58.6. The van der Waals surface area contributed by atoms with E-state index in [-0.39, 0.29) is 73.8 Å². The number of amides is 3. The number of hydrogen-bond donors (Lipinski definition) is 5. The van der Waals surface area contributed by atoms with E-state index in [1.54, 1.807) is 67.3 Å². The van der Waals surface area contributed by atoms with E-state index < -0.39 is 5.97 Å². The number of hydrogen-bond acceptors (Lipinski definition) is 14. The molecule has 76 heavy (non-hydrogen) atoms. The first-order valence-electron chi connectivity index (χ1n) is 23.6. The van der Waals surface area contributed by atoms with Gasteiger partial charge in [-0.05, 0) is 143 Å². The fourth-order valence-electron chi connectivity index (χ4n) is 7.31. The zero-order valence-corrected chi connectivity index (χ0v) is 45.1. The third kappa shape index (κ3) is 17.2. The number of aliphatic carboxylic acids is 1. The third-order valence-electron chi connectivity index (χ3n) is 10.8. The molecule has 20 nitrogen and oxygen atoms in total. The number of rotatable bonds is 18. The Morgan fingerprint density at radius 3 is 1.50 bits per heavy atom. The van der Waals surface area contributed by atoms with E-state index in [2.05, 4.69) is 97.1 Å². The Morgan fingerprint density at radius 2 is 1.09 bits per heavy atom. The van der Waals surface area contributed by atoms with Crippen LogP contribution in [0.3, 0.4) is 0 Å². The van der Waals surface area contributed by atoms with E-state index in [4.69, 9.17) is 5.11 Å². The fraction of sp³-hybridized carbons (Fsp3) is 0.259. The van der Waals surface area contributed by atoms with Gasteiger partial charge in [-0.25, -0.2) is 9.97 Å². The molecular formula is C54H59Br2N13O7. The molecule has 0 saturated carbocycles. The van der Waals surface area contributed by atoms with Crippen molar-refractivity contribution in [1.29, 1.82) is 0 Å². The molecule has 22 heteroatoms. The molecule has 0 saturated heterocycles. The second kappa shape index (κ2) is 27.9. The Balaban J connectivity index is 0.000000232. The predicted octanol–water partition coefficient (Wildman–Crippen LogP) is 10.7. The van der Waals surface area contributed by atoms with Crippen LogP contribution in [0.5, 0.6) is 0 Å². The van der Waals surface area contributed by atoms with E-state index in [9.17, 15) is 28.8 Å². The molecule has 0 spiro atoms. The molecule has 5 N–H and O–H groups in total. The Labute approximate surface area is 456 Å². The normalized spacial score (nSPS) is 10.6. The second-order valence-corrected chi connectivity index (χ2v) is 19.2. The molecule has 6 aromatic heterocycles. The van der Waals surface area contributed by atoms with Gasteiger partial charge in [0.25, 0.3) is 0 Å². The summed E-state index contributed by atoms with van der Waals surface area (Å²) in [4.78, 5) is 90.4. The van der Waals surface area contributed by atoms with Gasteiger partial charge >= 0.3 is 5.97 Å². The molecule has 0 aliphatic carbocycles. The van der Waals surface area contributed by atoms with E-state index >= 15 is 0 Å². The molecule has 0 aliphatic heterocycles. The lowest BCUT2D eigenvalue weighted by Gasteiger charge is -2.26. The number of fused-ring (bicyclic) bond motifs is 2. The van der Waals surface area contributed by atoms with Crippen LogP contribution in [0.25, 0.3) is 21.8 Å². The van der Waals surface area contributed by atoms with Crippen molar-refractivity contribution >= 4 is 123 Å². The first-order chi connectivity index (χ1) is 35.8. The maximum Gasteiger partial charge on any atom is 0.325 e. The van der Waals surface area contributed by atoms with Gasteiger partial charge < -0.3 is 31.3 Å². The van der Waals surface area contributed by atoms with Crippen molar-refractivity contribution in [3.05, 3.63) is 142 Å². The standard InChI is InChI=1S/C26H26BrN7O3.C16H14N4O3.C11H15BrN2O.CH4/c1-16(2)33(14-24(36)31-23-8-4-7-22(27)30-23)25(37)15-34-21-10-9-18(29-19-6-5-11-28-13-19)12-20(21)26(32-34)17(3)35;1-10(21)16-13-7-11(18-12-3-2-6-17-8-12)4-5-14(13)20(19-16)9-15(22)23;1-8(2)6-7-11(15)14-10-5-3-4-9(12)13-10;/h4-13,16,29H,14-15H2,1-3H3,(H,30,31,36);2-8,18H,9H2,1H3,(H,22,23);3-5,8H,6-7H2,1-2H3,(H,13,14,15);1H4. The summed E-state index contributed by atoms with van der Waals surface area (Å²) in [6, 6.07) is 28.6. The minimum absolute atomic E-state index is 0. The number of nitrogens with zero attached hydrogens (tertiary/aromatic N) is 9. The van der Waals surface area contributed by atoms with Crippen LogP contribution in [0.2, 0.25) is 0 Å². The predicted molar refractivity (Wildman–Crippen MR) is 301 cm³/mol. The molecular weight excluding hydrogens is 1100 g/mol. The number of aromatic nitrogens is 8. The number of carbonyl (C=O) groups excluding carboxylic acids is 5. The molecule has 0 aliphatic rings. The van der Waals surface area contributed by atoms with Crippen LogP contribution in [0, 0.1) is 5.92 Å². The van der Waals surface area contributed by atoms with Crippen molar-refractivity contribution in [1.82, 2.24) is 44.4 Å². The zero-order chi connectivity index (χ0) is 54.2. The van der Waals surface area contributed by atoms with Gasteiger partial charge in [-0.15, -0.1) is 0 Å². The van der Waals surface area contributed by atoms with E-state index in [0.29, 0.717) is 50.4 Å². The number of benzene rings is 2. The summed E-state index contributed by atoms with van der Waals surface area (Å²) in [6.45, 7) is 10.2. The highest BCUT2D eigenvalue weighted by Gasteiger charge is 2.24. The number of carboxylic acids is 1. The van der Waals surface area contributed by atoms with Gasteiger partial charge in [0.2, 0.25) is 17.7 Å². The monoisotopic (exact) mass is 1160 g/mol. The summed E-state index contributed by atoms with van der Waals surface area (Å²) < 4.78 is 4.14. The molecule has 0 fully saturated rings. The van der Waals surface area contributed by atoms with Crippen LogP contribution in [0.1, 0.15) is 82.8 Å². The van der Waals surface area contributed by atoms with Crippen LogP contribution in [0.4, 0.5) is 34.4 Å². The number of ketones is 2. The van der Waals surface area contributed by atoms with Crippen molar-refractivity contribution in [2.24, 2.45) is 5.92 Å². The zero-order valence-electron chi connectivity index (χ0n) is 41.9. The lowest BCUT2D eigenvalue weighted by molar-refractivity contribution is -0.138. The van der Waals surface area contributed by atoms with Gasteiger partial charge in [-0.1, -0.05) is 33.4 Å². The summed E-state index contributed by atoms with van der Waals surface area (Å²) in [7, 11) is 0. The van der Waals surface area contributed by atoms with E-state index in [1.807, 2.05) is 68.4 Å². The molecule has 396 valence electrons. The smallest absolute Gasteiger partial charge is 0.325 e. The van der Waals surface area contributed by atoms with Gasteiger partial charge in [0.15, 0.2) is 11.6 Å². The third-order valence-corrected chi connectivity index (χ3v) is 11.7. The van der Waals surface area contributed by atoms with Crippen LogP contribution < -0.4 is 21.3 Å². The van der Waals surface area contributed by atoms with E-state index in [1.165, 1.54) is 28.1 Å². The number of Topliss-reactive ketones (excluding diaryl/α,β-unsaturated/α-hetero) is 2. The maximum atomic E-state index is 13.3. The molecule has 0 radical (unpaired) electrons. The number of anilines is 6.